The zero-order valence-corrected chi connectivity index (χ0v) is 16.1. The minimum Gasteiger partial charge on any atom is -0.497 e. The molecule has 0 aliphatic carbocycles. The second-order valence-corrected chi connectivity index (χ2v) is 5.99. The summed E-state index contributed by atoms with van der Waals surface area (Å²) in [4.78, 5) is 23.9. The highest BCUT2D eigenvalue weighted by Crippen LogP contribution is 2.31. The average Bonchev–Trinajstić information content (AvgIpc) is 2.75. The Morgan fingerprint density at radius 2 is 1.69 bits per heavy atom. The van der Waals surface area contributed by atoms with E-state index in [2.05, 4.69) is 5.32 Å². The summed E-state index contributed by atoms with van der Waals surface area (Å²) in [6, 6.07) is 10.3. The van der Waals surface area contributed by atoms with Crippen LogP contribution in [0.5, 0.6) is 23.0 Å². The molecule has 3 rings (SSSR count). The number of amides is 1. The maximum absolute atomic E-state index is 12.0. The second kappa shape index (κ2) is 9.50. The van der Waals surface area contributed by atoms with Gasteiger partial charge >= 0.3 is 5.97 Å². The van der Waals surface area contributed by atoms with E-state index >= 15 is 0 Å². The molecule has 8 heteroatoms. The predicted octanol–water partition coefficient (Wildman–Crippen LogP) is 2.67. The van der Waals surface area contributed by atoms with Gasteiger partial charge in [-0.05, 0) is 23.8 Å². The van der Waals surface area contributed by atoms with E-state index in [1.807, 2.05) is 0 Å². The van der Waals surface area contributed by atoms with E-state index < -0.39 is 18.5 Å². The summed E-state index contributed by atoms with van der Waals surface area (Å²) in [6.07, 6.45) is 2.82. The van der Waals surface area contributed by atoms with Crippen LogP contribution in [0.2, 0.25) is 0 Å². The van der Waals surface area contributed by atoms with Crippen molar-refractivity contribution in [3.63, 3.8) is 0 Å². The van der Waals surface area contributed by atoms with E-state index in [4.69, 9.17) is 23.7 Å². The van der Waals surface area contributed by atoms with Crippen molar-refractivity contribution < 1.29 is 33.3 Å². The third-order valence-corrected chi connectivity index (χ3v) is 3.96. The Labute approximate surface area is 168 Å². The number of nitrogens with one attached hydrogen (secondary N) is 1. The van der Waals surface area contributed by atoms with Crippen LogP contribution in [0, 0.1) is 0 Å². The Morgan fingerprint density at radius 1 is 1.00 bits per heavy atom. The number of ether oxygens (including phenoxy) is 5. The third-order valence-electron chi connectivity index (χ3n) is 3.96. The van der Waals surface area contributed by atoms with Crippen LogP contribution >= 0.6 is 0 Å². The molecule has 0 aromatic heterocycles. The molecule has 0 spiro atoms. The Balaban J connectivity index is 1.51. The van der Waals surface area contributed by atoms with Crippen molar-refractivity contribution in [2.75, 3.05) is 39.4 Å². The summed E-state index contributed by atoms with van der Waals surface area (Å²) in [7, 11) is 3.02. The van der Waals surface area contributed by atoms with Crippen LogP contribution in [0.4, 0.5) is 5.69 Å². The smallest absolute Gasteiger partial charge is 0.331 e. The van der Waals surface area contributed by atoms with Crippen LogP contribution in [0.25, 0.3) is 6.08 Å². The van der Waals surface area contributed by atoms with Crippen LogP contribution < -0.4 is 24.3 Å². The van der Waals surface area contributed by atoms with Crippen LogP contribution in [-0.4, -0.2) is 45.9 Å². The van der Waals surface area contributed by atoms with E-state index in [-0.39, 0.29) is 0 Å². The summed E-state index contributed by atoms with van der Waals surface area (Å²) in [6.45, 7) is 0.569. The number of carbonyl (C=O) groups is 2. The van der Waals surface area contributed by atoms with Gasteiger partial charge in [0, 0.05) is 30.0 Å². The third kappa shape index (κ3) is 5.65. The van der Waals surface area contributed by atoms with Gasteiger partial charge < -0.3 is 29.0 Å². The van der Waals surface area contributed by atoms with Crippen molar-refractivity contribution >= 4 is 23.6 Å². The molecule has 29 heavy (non-hydrogen) atoms. The van der Waals surface area contributed by atoms with E-state index in [1.54, 1.807) is 42.5 Å². The van der Waals surface area contributed by atoms with Gasteiger partial charge in [-0.15, -0.1) is 0 Å². The molecule has 152 valence electrons. The van der Waals surface area contributed by atoms with E-state index in [9.17, 15) is 9.59 Å². The number of esters is 1. The van der Waals surface area contributed by atoms with Crippen LogP contribution in [-0.2, 0) is 14.3 Å². The van der Waals surface area contributed by atoms with Gasteiger partial charge in [0.15, 0.2) is 18.1 Å². The number of rotatable bonds is 7. The number of fused-ring (bicyclic) bond motifs is 1. The summed E-state index contributed by atoms with van der Waals surface area (Å²) >= 11 is 0. The van der Waals surface area contributed by atoms with Gasteiger partial charge in [-0.25, -0.2) is 4.79 Å². The summed E-state index contributed by atoms with van der Waals surface area (Å²) < 4.78 is 26.2. The first kappa shape index (κ1) is 20.1. The van der Waals surface area contributed by atoms with E-state index in [0.717, 1.165) is 5.56 Å². The molecule has 8 nitrogen and oxygen atoms in total. The molecule has 0 fully saturated rings. The molecule has 2 aromatic rings. The lowest BCUT2D eigenvalue weighted by Gasteiger charge is -2.18. The topological polar surface area (TPSA) is 92.3 Å². The Hall–Kier alpha value is -3.68. The summed E-state index contributed by atoms with van der Waals surface area (Å²) in [5, 5.41) is 2.62. The highest BCUT2D eigenvalue weighted by atomic mass is 16.6. The molecular weight excluding hydrogens is 378 g/mol. The lowest BCUT2D eigenvalue weighted by atomic mass is 10.2. The molecule has 0 radical (unpaired) electrons. The minimum atomic E-state index is -0.640. The van der Waals surface area contributed by atoms with Gasteiger partial charge in [0.25, 0.3) is 5.91 Å². The van der Waals surface area contributed by atoms with Crippen LogP contribution in [0.1, 0.15) is 5.56 Å². The number of hydrogen-bond acceptors (Lipinski definition) is 7. The predicted molar refractivity (Wildman–Crippen MR) is 106 cm³/mol. The van der Waals surface area contributed by atoms with Crippen molar-refractivity contribution in [2.45, 2.75) is 0 Å². The number of anilines is 1. The highest BCUT2D eigenvalue weighted by molar-refractivity contribution is 5.95. The maximum atomic E-state index is 12.0. The summed E-state index contributed by atoms with van der Waals surface area (Å²) in [5.74, 6) is 1.22. The number of benzene rings is 2. The van der Waals surface area contributed by atoms with Gasteiger partial charge in [-0.3, -0.25) is 4.79 Å². The lowest BCUT2D eigenvalue weighted by Crippen LogP contribution is -2.20. The molecule has 0 unspecified atom stereocenters. The van der Waals surface area contributed by atoms with Crippen molar-refractivity contribution in [2.24, 2.45) is 0 Å². The molecule has 1 N–H and O–H groups in total. The quantitative estimate of drug-likeness (QED) is 0.565. The molecule has 0 atom stereocenters. The van der Waals surface area contributed by atoms with Gasteiger partial charge in [-0.1, -0.05) is 6.07 Å². The standard InChI is InChI=1S/C21H21NO7/c1-25-16-10-15(11-17(12-16)26-2)22-20(23)13-29-21(24)6-4-14-3-5-18-19(9-14)28-8-7-27-18/h3-6,9-12H,7-8,13H2,1-2H3,(H,22,23). The molecule has 0 bridgehead atoms. The molecule has 2 aromatic carbocycles. The fourth-order valence-corrected chi connectivity index (χ4v) is 2.59. The molecule has 1 aliphatic rings. The largest absolute Gasteiger partial charge is 0.497 e. The molecular formula is C21H21NO7. The van der Waals surface area contributed by atoms with Gasteiger partial charge in [-0.2, -0.15) is 0 Å². The first-order chi connectivity index (χ1) is 14.1. The zero-order valence-electron chi connectivity index (χ0n) is 16.1. The van der Waals surface area contributed by atoms with Crippen molar-refractivity contribution in [1.29, 1.82) is 0 Å². The number of hydrogen-bond donors (Lipinski definition) is 1. The fraction of sp³-hybridized carbons (Fsp3) is 0.238. The summed E-state index contributed by atoms with van der Waals surface area (Å²) in [5.41, 5.74) is 1.22. The lowest BCUT2D eigenvalue weighted by molar-refractivity contribution is -0.142. The maximum Gasteiger partial charge on any atom is 0.331 e. The first-order valence-electron chi connectivity index (χ1n) is 8.85. The van der Waals surface area contributed by atoms with Crippen molar-refractivity contribution in [1.82, 2.24) is 0 Å². The average molecular weight is 399 g/mol. The normalized spacial score (nSPS) is 12.3. The second-order valence-electron chi connectivity index (χ2n) is 5.99. The Morgan fingerprint density at radius 3 is 2.38 bits per heavy atom. The number of methoxy groups -OCH3 is 2. The molecule has 0 saturated heterocycles. The van der Waals surface area contributed by atoms with Crippen molar-refractivity contribution in [3.8, 4) is 23.0 Å². The van der Waals surface area contributed by atoms with Crippen LogP contribution in [0.15, 0.2) is 42.5 Å². The minimum absolute atomic E-state index is 0.427. The fourth-order valence-electron chi connectivity index (χ4n) is 2.59. The molecule has 0 saturated carbocycles. The van der Waals surface area contributed by atoms with Crippen molar-refractivity contribution in [3.05, 3.63) is 48.0 Å². The first-order valence-corrected chi connectivity index (χ1v) is 8.85. The van der Waals surface area contributed by atoms with Gasteiger partial charge in [0.2, 0.25) is 0 Å². The van der Waals surface area contributed by atoms with E-state index in [1.165, 1.54) is 20.3 Å². The zero-order chi connectivity index (χ0) is 20.6. The molecule has 1 heterocycles. The SMILES string of the molecule is COc1cc(NC(=O)COC(=O)C=Cc2ccc3c(c2)OCCO3)cc(OC)c1. The monoisotopic (exact) mass is 399 g/mol. The number of carbonyl (C=O) groups excluding carboxylic acids is 2. The van der Waals surface area contributed by atoms with Gasteiger partial charge in [0.1, 0.15) is 24.7 Å². The van der Waals surface area contributed by atoms with Crippen LogP contribution in [0.3, 0.4) is 0 Å². The molecule has 1 aliphatic heterocycles. The van der Waals surface area contributed by atoms with Gasteiger partial charge in [0.05, 0.1) is 14.2 Å². The highest BCUT2D eigenvalue weighted by Gasteiger charge is 2.11. The molecule has 1 amide bonds. The Kier molecular flexibility index (Phi) is 6.57. The van der Waals surface area contributed by atoms with E-state index in [0.29, 0.717) is 41.9 Å². The Bertz CT molecular complexity index is 901.